The fourth-order valence-electron chi connectivity index (χ4n) is 1.94. The minimum atomic E-state index is -0.241. The van der Waals surface area contributed by atoms with Crippen LogP contribution in [0.25, 0.3) is 17.0 Å². The van der Waals surface area contributed by atoms with Crippen LogP contribution in [0.1, 0.15) is 5.56 Å². The molecule has 108 valence electrons. The molecule has 1 heterocycles. The van der Waals surface area contributed by atoms with Gasteiger partial charge in [0, 0.05) is 0 Å². The largest absolute Gasteiger partial charge is 0.358 e. The van der Waals surface area contributed by atoms with E-state index in [2.05, 4.69) is 15.0 Å². The van der Waals surface area contributed by atoms with Crippen molar-refractivity contribution < 1.29 is 19.4 Å². The summed E-state index contributed by atoms with van der Waals surface area (Å²) in [5, 5.41) is 0.875. The summed E-state index contributed by atoms with van der Waals surface area (Å²) in [5.41, 5.74) is 2.75. The van der Waals surface area contributed by atoms with Gasteiger partial charge in [-0.15, -0.1) is 0 Å². The van der Waals surface area contributed by atoms with E-state index in [0.717, 1.165) is 22.0 Å². The van der Waals surface area contributed by atoms with Gasteiger partial charge in [-0.3, -0.25) is 0 Å². The molecular weight excluding hydrogens is 296 g/mol. The summed E-state index contributed by atoms with van der Waals surface area (Å²) >= 11 is 4.48. The van der Waals surface area contributed by atoms with E-state index in [0.29, 0.717) is 0 Å². The smallest absolute Gasteiger partial charge is 0.358 e. The van der Waals surface area contributed by atoms with Crippen LogP contribution in [0.4, 0.5) is 4.39 Å². The van der Waals surface area contributed by atoms with E-state index in [1.807, 2.05) is 30.0 Å². The molecule has 0 saturated heterocycles. The zero-order valence-corrected chi connectivity index (χ0v) is 12.4. The molecule has 0 atom stereocenters. The number of aryl methyl sites for hydroxylation is 1. The van der Waals surface area contributed by atoms with Gasteiger partial charge in [-0.2, -0.15) is 0 Å². The number of rotatable bonds is 4. The Bertz CT molecular complexity index is 692. The van der Waals surface area contributed by atoms with Crippen LogP contribution in [0, 0.1) is 19.8 Å². The third kappa shape index (κ3) is 3.43. The Kier molecular flexibility index (Phi) is 5.85. The Balaban J connectivity index is 0.00000200. The van der Waals surface area contributed by atoms with Gasteiger partial charge in [-0.1, -0.05) is 0 Å². The molecular formula is C17H16FNNi-2. The molecule has 0 spiro atoms. The van der Waals surface area contributed by atoms with Gasteiger partial charge in [0.2, 0.25) is 0 Å². The SMILES string of the molecule is [CH-]=CC(/C=C/c1cn(C)c2ccc(F)cc12)=C\[CH]=[Ni].[CH3-]. The van der Waals surface area contributed by atoms with Gasteiger partial charge in [0.15, 0.2) is 0 Å². The molecule has 2 rings (SSSR count). The molecule has 0 aliphatic heterocycles. The van der Waals surface area contributed by atoms with Crippen molar-refractivity contribution in [3.63, 3.8) is 0 Å². The van der Waals surface area contributed by atoms with Crippen molar-refractivity contribution in [2.24, 2.45) is 7.05 Å². The molecule has 0 saturated carbocycles. The Morgan fingerprint density at radius 1 is 1.40 bits per heavy atom. The number of aromatic nitrogens is 1. The number of hydrogen-bond donors (Lipinski definition) is 0. The molecule has 0 amide bonds. The molecule has 0 unspecified atom stereocenters. The number of halogens is 1. The molecule has 0 aliphatic rings. The van der Waals surface area contributed by atoms with Crippen LogP contribution in [-0.2, 0) is 22.1 Å². The maximum atomic E-state index is 13.3. The second-order valence-electron chi connectivity index (χ2n) is 4.13. The maximum absolute atomic E-state index is 13.3. The van der Waals surface area contributed by atoms with Crippen molar-refractivity contribution in [3.8, 4) is 0 Å². The topological polar surface area (TPSA) is 4.93 Å². The van der Waals surface area contributed by atoms with Crippen molar-refractivity contribution in [3.05, 3.63) is 73.6 Å². The first-order chi connectivity index (χ1) is 9.15. The van der Waals surface area contributed by atoms with Crippen LogP contribution < -0.4 is 0 Å². The van der Waals surface area contributed by atoms with Gasteiger partial charge in [0.1, 0.15) is 0 Å². The molecule has 1 aromatic heterocycles. The first kappa shape index (κ1) is 16.3. The minimum Gasteiger partial charge on any atom is -0.358 e. The monoisotopic (exact) mass is 311 g/mol. The third-order valence-corrected chi connectivity index (χ3v) is 3.04. The molecule has 2 aromatic rings. The van der Waals surface area contributed by atoms with Crippen molar-refractivity contribution in [1.29, 1.82) is 0 Å². The summed E-state index contributed by atoms with van der Waals surface area (Å²) in [7, 11) is 1.93. The molecule has 1 nitrogen and oxygen atoms in total. The van der Waals surface area contributed by atoms with Gasteiger partial charge < -0.3 is 7.43 Å². The van der Waals surface area contributed by atoms with Crippen molar-refractivity contribution in [2.45, 2.75) is 0 Å². The predicted octanol–water partition coefficient (Wildman–Crippen LogP) is 4.05. The van der Waals surface area contributed by atoms with Crippen molar-refractivity contribution in [2.75, 3.05) is 0 Å². The van der Waals surface area contributed by atoms with Crippen LogP contribution in [0.2, 0.25) is 0 Å². The summed E-state index contributed by atoms with van der Waals surface area (Å²) < 4.78 is 15.3. The second-order valence-corrected chi connectivity index (χ2v) is 4.46. The third-order valence-electron chi connectivity index (χ3n) is 2.88. The Morgan fingerprint density at radius 2 is 2.15 bits per heavy atom. The minimum absolute atomic E-state index is 0. The summed E-state index contributed by atoms with van der Waals surface area (Å²) in [4.78, 5) is 1.55. The number of fused-ring (bicyclic) bond motifs is 1. The first-order valence-corrected chi connectivity index (χ1v) is 6.30. The fraction of sp³-hybridized carbons (Fsp3) is 0.0588. The van der Waals surface area contributed by atoms with E-state index in [1.165, 1.54) is 18.2 Å². The fourth-order valence-corrected chi connectivity index (χ4v) is 2.13. The first-order valence-electron chi connectivity index (χ1n) is 5.73. The summed E-state index contributed by atoms with van der Waals surface area (Å²) in [6.07, 6.45) is 8.95. The van der Waals surface area contributed by atoms with E-state index >= 15 is 0 Å². The van der Waals surface area contributed by atoms with Crippen LogP contribution in [0.3, 0.4) is 0 Å². The average molecular weight is 312 g/mol. The van der Waals surface area contributed by atoms with Gasteiger partial charge >= 0.3 is 119 Å². The van der Waals surface area contributed by atoms with Gasteiger partial charge in [0.25, 0.3) is 0 Å². The zero-order chi connectivity index (χ0) is 13.8. The van der Waals surface area contributed by atoms with Crippen LogP contribution in [0.5, 0.6) is 0 Å². The zero-order valence-electron chi connectivity index (χ0n) is 11.4. The van der Waals surface area contributed by atoms with E-state index in [-0.39, 0.29) is 13.2 Å². The van der Waals surface area contributed by atoms with Crippen LogP contribution in [0.15, 0.2) is 48.2 Å². The van der Waals surface area contributed by atoms with E-state index in [9.17, 15) is 4.39 Å². The van der Waals surface area contributed by atoms with Crippen LogP contribution in [-0.4, -0.2) is 9.56 Å². The number of nitrogens with zero attached hydrogens (tertiary/aromatic N) is 1. The molecule has 0 radical (unpaired) electrons. The Morgan fingerprint density at radius 3 is 2.80 bits per heavy atom. The molecule has 0 N–H and O–H groups in total. The Labute approximate surface area is 127 Å². The van der Waals surface area contributed by atoms with E-state index in [1.54, 1.807) is 17.1 Å². The number of benzene rings is 1. The van der Waals surface area contributed by atoms with Gasteiger partial charge in [-0.25, -0.2) is 0 Å². The molecule has 0 aliphatic carbocycles. The summed E-state index contributed by atoms with van der Waals surface area (Å²) in [6, 6.07) is 4.76. The average Bonchev–Trinajstić information content (AvgIpc) is 2.71. The van der Waals surface area contributed by atoms with Crippen molar-refractivity contribution in [1.82, 2.24) is 4.57 Å². The van der Waals surface area contributed by atoms with E-state index in [4.69, 9.17) is 6.58 Å². The van der Waals surface area contributed by atoms with Crippen molar-refractivity contribution >= 4 is 22.0 Å². The summed E-state index contributed by atoms with van der Waals surface area (Å²) in [5.74, 6) is -0.241. The normalized spacial score (nSPS) is 11.7. The predicted molar refractivity (Wildman–Crippen MR) is 81.3 cm³/mol. The second kappa shape index (κ2) is 7.16. The molecule has 3 heteroatoms. The van der Waals surface area contributed by atoms with E-state index < -0.39 is 0 Å². The summed E-state index contributed by atoms with van der Waals surface area (Å²) in [6.45, 7) is 5.49. The van der Waals surface area contributed by atoms with Gasteiger partial charge in [0.05, 0.1) is 0 Å². The Hall–Kier alpha value is -1.73. The van der Waals surface area contributed by atoms with Gasteiger partial charge in [-0.05, 0) is 0 Å². The quantitative estimate of drug-likeness (QED) is 0.456. The standard InChI is InChI=1S/C16H13FN.CH3.Ni/c1-4-12(5-2)6-7-13-11-18(3)16-9-8-14(17)10-15(13)16;;/h1-2,4-11H,3H3;1H3;/q2*-1;/b7-6+,12-4+;;. The maximum Gasteiger partial charge on any atom is -0.358 e. The molecule has 20 heavy (non-hydrogen) atoms. The molecule has 1 aromatic carbocycles. The number of allylic oxidation sites excluding steroid dienone is 4. The number of hydrogen-bond acceptors (Lipinski definition) is 0. The molecule has 0 fully saturated rings. The van der Waals surface area contributed by atoms with Crippen LogP contribution >= 0.6 is 0 Å². The molecule has 0 bridgehead atoms.